The van der Waals surface area contributed by atoms with Crippen molar-refractivity contribution in [3.63, 3.8) is 0 Å². The molecule has 100 valence electrons. The van der Waals surface area contributed by atoms with Crippen LogP contribution in [0.5, 0.6) is 0 Å². The van der Waals surface area contributed by atoms with Crippen molar-refractivity contribution in [2.24, 2.45) is 7.05 Å². The highest BCUT2D eigenvalue weighted by atomic mass is 32.2. The van der Waals surface area contributed by atoms with Crippen molar-refractivity contribution in [2.75, 3.05) is 5.75 Å². The molecular weight excluding hydrogens is 258 g/mol. The summed E-state index contributed by atoms with van der Waals surface area (Å²) < 4.78 is 0. The number of carbonyl (C=O) groups excluding carboxylic acids is 1. The Morgan fingerprint density at radius 2 is 2.28 bits per heavy atom. The molecule has 1 rings (SSSR count). The summed E-state index contributed by atoms with van der Waals surface area (Å²) in [5, 5.41) is 22.8. The van der Waals surface area contributed by atoms with Crippen LogP contribution in [0.4, 0.5) is 0 Å². The second kappa shape index (κ2) is 6.94. The molecule has 0 radical (unpaired) electrons. The van der Waals surface area contributed by atoms with Gasteiger partial charge >= 0.3 is 5.97 Å². The molecule has 0 aromatic carbocycles. The summed E-state index contributed by atoms with van der Waals surface area (Å²) in [7, 11) is 1.68. The van der Waals surface area contributed by atoms with Crippen LogP contribution in [0.25, 0.3) is 0 Å². The first-order valence-corrected chi connectivity index (χ1v) is 6.45. The molecule has 0 bridgehead atoms. The van der Waals surface area contributed by atoms with Crippen molar-refractivity contribution in [1.29, 1.82) is 0 Å². The molecule has 0 saturated heterocycles. The Hall–Kier alpha value is -1.64. The van der Waals surface area contributed by atoms with E-state index in [1.807, 2.05) is 0 Å². The van der Waals surface area contributed by atoms with Crippen molar-refractivity contribution in [1.82, 2.24) is 25.5 Å². The lowest BCUT2D eigenvalue weighted by atomic mass is 10.2. The number of carbonyl (C=O) groups is 2. The average molecular weight is 273 g/mol. The number of amides is 1. The van der Waals surface area contributed by atoms with Crippen molar-refractivity contribution in [3.05, 3.63) is 5.82 Å². The van der Waals surface area contributed by atoms with Crippen LogP contribution >= 0.6 is 11.8 Å². The van der Waals surface area contributed by atoms with Crippen molar-refractivity contribution < 1.29 is 14.7 Å². The van der Waals surface area contributed by atoms with Crippen LogP contribution < -0.4 is 5.32 Å². The monoisotopic (exact) mass is 273 g/mol. The summed E-state index contributed by atoms with van der Waals surface area (Å²) in [6, 6.07) is -0.843. The lowest BCUT2D eigenvalue weighted by molar-refractivity contribution is -0.141. The minimum Gasteiger partial charge on any atom is -0.480 e. The molecule has 0 spiro atoms. The Labute approximate surface area is 108 Å². The molecule has 8 nitrogen and oxygen atoms in total. The number of nitrogens with one attached hydrogen (secondary N) is 1. The zero-order valence-corrected chi connectivity index (χ0v) is 11.0. The molecular formula is C9H15N5O3S. The lowest BCUT2D eigenvalue weighted by Crippen LogP contribution is -2.39. The summed E-state index contributed by atoms with van der Waals surface area (Å²) in [6.45, 7) is 1.30. The highest BCUT2D eigenvalue weighted by Crippen LogP contribution is 2.10. The maximum absolute atomic E-state index is 10.8. The van der Waals surface area contributed by atoms with Gasteiger partial charge in [-0.2, -0.15) is 16.6 Å². The van der Waals surface area contributed by atoms with E-state index in [0.29, 0.717) is 23.8 Å². The maximum atomic E-state index is 10.8. The number of carboxylic acid groups (broad SMARTS) is 1. The fraction of sp³-hybridized carbons (Fsp3) is 0.667. The van der Waals surface area contributed by atoms with Crippen LogP contribution in [0.15, 0.2) is 0 Å². The summed E-state index contributed by atoms with van der Waals surface area (Å²) in [5.41, 5.74) is 0. The fourth-order valence-electron chi connectivity index (χ4n) is 1.25. The number of nitrogens with zero attached hydrogens (tertiary/aromatic N) is 4. The molecule has 0 aliphatic heterocycles. The van der Waals surface area contributed by atoms with Crippen molar-refractivity contribution in [3.8, 4) is 0 Å². The molecule has 9 heteroatoms. The van der Waals surface area contributed by atoms with Crippen LogP contribution in [-0.2, 0) is 22.4 Å². The van der Waals surface area contributed by atoms with E-state index >= 15 is 0 Å². The van der Waals surface area contributed by atoms with Crippen LogP contribution in [-0.4, -0.2) is 49.0 Å². The van der Waals surface area contributed by atoms with Crippen LogP contribution in [0, 0.1) is 0 Å². The number of rotatable bonds is 7. The van der Waals surface area contributed by atoms with E-state index in [1.54, 1.807) is 7.05 Å². The van der Waals surface area contributed by atoms with Crippen LogP contribution in [0.2, 0.25) is 0 Å². The molecule has 2 N–H and O–H groups in total. The number of aromatic nitrogens is 4. The number of aryl methyl sites for hydroxylation is 1. The molecule has 0 aliphatic carbocycles. The quantitative estimate of drug-likeness (QED) is 0.640. The Bertz CT molecular complexity index is 422. The highest BCUT2D eigenvalue weighted by molar-refractivity contribution is 7.98. The van der Waals surface area contributed by atoms with E-state index < -0.39 is 12.0 Å². The van der Waals surface area contributed by atoms with E-state index in [1.165, 1.54) is 23.5 Å². The minimum absolute atomic E-state index is 0.344. The second-order valence-electron chi connectivity index (χ2n) is 3.63. The zero-order valence-electron chi connectivity index (χ0n) is 10.2. The first-order chi connectivity index (χ1) is 8.49. The smallest absolute Gasteiger partial charge is 0.326 e. The van der Waals surface area contributed by atoms with Gasteiger partial charge in [0.1, 0.15) is 6.04 Å². The van der Waals surface area contributed by atoms with Gasteiger partial charge in [0.25, 0.3) is 0 Å². The Morgan fingerprint density at radius 3 is 2.78 bits per heavy atom. The van der Waals surface area contributed by atoms with Gasteiger partial charge in [-0.25, -0.2) is 4.79 Å². The minimum atomic E-state index is -1.02. The molecule has 18 heavy (non-hydrogen) atoms. The summed E-state index contributed by atoms with van der Waals surface area (Å²) in [4.78, 5) is 23.0. The Balaban J connectivity index is 2.26. The third-order valence-electron chi connectivity index (χ3n) is 2.01. The van der Waals surface area contributed by atoms with Gasteiger partial charge in [-0.1, -0.05) is 0 Å². The summed E-state index contributed by atoms with van der Waals surface area (Å²) >= 11 is 1.50. The van der Waals surface area contributed by atoms with E-state index in [-0.39, 0.29) is 5.91 Å². The first-order valence-electron chi connectivity index (χ1n) is 5.29. The third-order valence-corrected chi connectivity index (χ3v) is 2.99. The van der Waals surface area contributed by atoms with E-state index in [9.17, 15) is 9.59 Å². The standard InChI is InChI=1S/C9H15N5O3S/c1-6(15)10-7(9(16)17)3-4-18-5-8-11-13-14(2)12-8/h7H,3-5H2,1-2H3,(H,10,15)(H,16,17). The molecule has 1 atom stereocenters. The van der Waals surface area contributed by atoms with Gasteiger partial charge in [-0.05, 0) is 17.4 Å². The van der Waals surface area contributed by atoms with Crippen LogP contribution in [0.1, 0.15) is 19.2 Å². The maximum Gasteiger partial charge on any atom is 0.326 e. The summed E-state index contributed by atoms with van der Waals surface area (Å²) in [5.74, 6) is 0.399. The van der Waals surface area contributed by atoms with Crippen LogP contribution in [0.3, 0.4) is 0 Å². The lowest BCUT2D eigenvalue weighted by Gasteiger charge is -2.12. The number of thioether (sulfide) groups is 1. The predicted octanol–water partition coefficient (Wildman–Crippen LogP) is -0.577. The fourth-order valence-corrected chi connectivity index (χ4v) is 2.09. The number of hydrogen-bond acceptors (Lipinski definition) is 6. The number of carboxylic acids is 1. The number of hydrogen-bond donors (Lipinski definition) is 2. The highest BCUT2D eigenvalue weighted by Gasteiger charge is 2.17. The largest absolute Gasteiger partial charge is 0.480 e. The van der Waals surface area contributed by atoms with Gasteiger partial charge < -0.3 is 10.4 Å². The molecule has 1 aromatic rings. The van der Waals surface area contributed by atoms with Gasteiger partial charge in [0.05, 0.1) is 12.8 Å². The average Bonchev–Trinajstić information content (AvgIpc) is 2.68. The molecule has 1 amide bonds. The summed E-state index contributed by atoms with van der Waals surface area (Å²) in [6.07, 6.45) is 0.361. The Kier molecular flexibility index (Phi) is 5.56. The molecule has 1 unspecified atom stereocenters. The van der Waals surface area contributed by atoms with Crippen molar-refractivity contribution in [2.45, 2.75) is 25.1 Å². The topological polar surface area (TPSA) is 110 Å². The van der Waals surface area contributed by atoms with Gasteiger partial charge in [0, 0.05) is 6.92 Å². The van der Waals surface area contributed by atoms with Gasteiger partial charge in [0.15, 0.2) is 5.82 Å². The Morgan fingerprint density at radius 1 is 1.56 bits per heavy atom. The van der Waals surface area contributed by atoms with E-state index in [4.69, 9.17) is 5.11 Å². The van der Waals surface area contributed by atoms with Crippen molar-refractivity contribution >= 4 is 23.6 Å². The molecule has 0 aliphatic rings. The molecule has 1 heterocycles. The van der Waals surface area contributed by atoms with Gasteiger partial charge in [-0.3, -0.25) is 4.79 Å². The van der Waals surface area contributed by atoms with E-state index in [2.05, 4.69) is 20.7 Å². The molecule has 1 aromatic heterocycles. The SMILES string of the molecule is CC(=O)NC(CCSCc1nnn(C)n1)C(=O)O. The second-order valence-corrected chi connectivity index (χ2v) is 4.73. The predicted molar refractivity (Wildman–Crippen MR) is 64.8 cm³/mol. The zero-order chi connectivity index (χ0) is 13.5. The van der Waals surface area contributed by atoms with E-state index in [0.717, 1.165) is 0 Å². The normalized spacial score (nSPS) is 12.1. The third kappa shape index (κ3) is 5.13. The number of tetrazole rings is 1. The molecule has 0 fully saturated rings. The number of aliphatic carboxylic acids is 1. The van der Waals surface area contributed by atoms with Gasteiger partial charge in [0.2, 0.25) is 5.91 Å². The first kappa shape index (κ1) is 14.4. The van der Waals surface area contributed by atoms with Gasteiger partial charge in [-0.15, -0.1) is 10.2 Å². The molecule has 0 saturated carbocycles.